The molecule has 1 aliphatic rings. The third-order valence-electron chi connectivity index (χ3n) is 4.44. The molecule has 20 heavy (non-hydrogen) atoms. The molecule has 0 radical (unpaired) electrons. The van der Waals surface area contributed by atoms with E-state index >= 15 is 0 Å². The van der Waals surface area contributed by atoms with Crippen LogP contribution >= 0.6 is 34.2 Å². The highest BCUT2D eigenvalue weighted by Gasteiger charge is 2.37. The maximum absolute atomic E-state index is 13.9. The smallest absolute Gasteiger partial charge is 0.138 e. The number of benzene rings is 1. The number of imidazole rings is 1. The largest absolute Gasteiger partial charge is 0.323 e. The fourth-order valence-electron chi connectivity index (χ4n) is 3.37. The van der Waals surface area contributed by atoms with Crippen molar-refractivity contribution in [2.45, 2.75) is 45.0 Å². The Morgan fingerprint density at radius 3 is 2.85 bits per heavy atom. The number of halogens is 3. The van der Waals surface area contributed by atoms with E-state index in [1.807, 2.05) is 22.6 Å². The first-order chi connectivity index (χ1) is 9.44. The van der Waals surface area contributed by atoms with Crippen LogP contribution in [0.5, 0.6) is 0 Å². The molecule has 1 fully saturated rings. The predicted octanol–water partition coefficient (Wildman–Crippen LogP) is 5.27. The number of nitrogens with zero attached hydrogens (tertiary/aromatic N) is 2. The maximum atomic E-state index is 13.9. The summed E-state index contributed by atoms with van der Waals surface area (Å²) in [5, 5.41) is 0. The van der Waals surface area contributed by atoms with Gasteiger partial charge in [-0.2, -0.15) is 0 Å². The average molecular weight is 407 g/mol. The summed E-state index contributed by atoms with van der Waals surface area (Å²) in [7, 11) is 0. The lowest BCUT2D eigenvalue weighted by molar-refractivity contribution is 0.262. The molecule has 0 spiro atoms. The van der Waals surface area contributed by atoms with Crippen molar-refractivity contribution in [3.8, 4) is 0 Å². The molecule has 3 rings (SSSR count). The van der Waals surface area contributed by atoms with Gasteiger partial charge in [-0.1, -0.05) is 20.3 Å². The Hall–Kier alpha value is -0.360. The highest BCUT2D eigenvalue weighted by Crippen LogP contribution is 2.47. The van der Waals surface area contributed by atoms with E-state index in [4.69, 9.17) is 11.6 Å². The molecule has 1 saturated carbocycles. The Morgan fingerprint density at radius 2 is 2.25 bits per heavy atom. The third kappa shape index (κ3) is 2.25. The zero-order valence-corrected chi connectivity index (χ0v) is 14.5. The lowest BCUT2D eigenvalue weighted by Crippen LogP contribution is -2.23. The Labute approximate surface area is 136 Å². The van der Waals surface area contributed by atoms with E-state index in [0.29, 0.717) is 15.5 Å². The lowest BCUT2D eigenvalue weighted by atomic mass is 9.87. The van der Waals surface area contributed by atoms with E-state index in [0.717, 1.165) is 23.3 Å². The summed E-state index contributed by atoms with van der Waals surface area (Å²) in [5.41, 5.74) is 1.92. The highest BCUT2D eigenvalue weighted by molar-refractivity contribution is 14.1. The number of hydrogen-bond acceptors (Lipinski definition) is 1. The van der Waals surface area contributed by atoms with Crippen LogP contribution in [0, 0.1) is 14.8 Å². The molecule has 0 N–H and O–H groups in total. The minimum atomic E-state index is -0.184. The van der Waals surface area contributed by atoms with E-state index in [9.17, 15) is 4.39 Å². The molecular weight excluding hydrogens is 390 g/mol. The molecule has 1 atom stereocenters. The molecule has 1 heterocycles. The second-order valence-electron chi connectivity index (χ2n) is 6.18. The van der Waals surface area contributed by atoms with Crippen LogP contribution in [0.3, 0.4) is 0 Å². The Morgan fingerprint density at radius 1 is 1.50 bits per heavy atom. The van der Waals surface area contributed by atoms with Crippen LogP contribution in [0.2, 0.25) is 0 Å². The van der Waals surface area contributed by atoms with Crippen LogP contribution < -0.4 is 0 Å². The van der Waals surface area contributed by atoms with E-state index in [-0.39, 0.29) is 11.2 Å². The molecule has 1 aromatic carbocycles. The first-order valence-corrected chi connectivity index (χ1v) is 8.47. The Balaban J connectivity index is 2.25. The second-order valence-corrected chi connectivity index (χ2v) is 7.61. The van der Waals surface area contributed by atoms with Gasteiger partial charge in [-0.05, 0) is 46.9 Å². The minimum Gasteiger partial charge on any atom is -0.323 e. The van der Waals surface area contributed by atoms with Crippen LogP contribution in [0.4, 0.5) is 4.39 Å². The molecule has 0 aliphatic heterocycles. The maximum Gasteiger partial charge on any atom is 0.138 e. The van der Waals surface area contributed by atoms with Gasteiger partial charge in [-0.3, -0.25) is 0 Å². The van der Waals surface area contributed by atoms with Gasteiger partial charge >= 0.3 is 0 Å². The molecule has 2 aromatic rings. The first kappa shape index (κ1) is 14.6. The van der Waals surface area contributed by atoms with Crippen LogP contribution in [-0.2, 0) is 5.88 Å². The van der Waals surface area contributed by atoms with Crippen molar-refractivity contribution in [3.05, 3.63) is 27.3 Å². The minimum absolute atomic E-state index is 0.184. The highest BCUT2D eigenvalue weighted by atomic mass is 127. The topological polar surface area (TPSA) is 17.8 Å². The first-order valence-electron chi connectivity index (χ1n) is 6.86. The molecule has 0 saturated heterocycles. The average Bonchev–Trinajstić information content (AvgIpc) is 2.89. The molecule has 1 aromatic heterocycles. The zero-order chi connectivity index (χ0) is 14.5. The summed E-state index contributed by atoms with van der Waals surface area (Å²) in [6, 6.07) is 3.76. The summed E-state index contributed by atoms with van der Waals surface area (Å²) < 4.78 is 16.7. The number of rotatable bonds is 2. The van der Waals surface area contributed by atoms with Gasteiger partial charge in [0.25, 0.3) is 0 Å². The Kier molecular flexibility index (Phi) is 3.73. The SMILES string of the molecule is CC1(C)CCCC1n1c(CCl)nc2cc(I)c(F)cc21. The standard InChI is InChI=1S/C15H17ClFIN2/c1-15(2)5-3-4-13(15)20-12-6-9(17)10(18)7-11(12)19-14(20)8-16/h6-7,13H,3-5,8H2,1-2H3. The van der Waals surface area contributed by atoms with Crippen LogP contribution in [0.25, 0.3) is 11.0 Å². The number of fused-ring (bicyclic) bond motifs is 1. The number of hydrogen-bond donors (Lipinski definition) is 0. The number of aromatic nitrogens is 2. The van der Waals surface area contributed by atoms with Gasteiger partial charge in [0, 0.05) is 12.1 Å². The quantitative estimate of drug-likeness (QED) is 0.491. The van der Waals surface area contributed by atoms with Crippen LogP contribution in [0.1, 0.15) is 45.0 Å². The van der Waals surface area contributed by atoms with Crippen LogP contribution in [0.15, 0.2) is 12.1 Å². The monoisotopic (exact) mass is 406 g/mol. The van der Waals surface area contributed by atoms with Gasteiger partial charge in [-0.25, -0.2) is 9.37 Å². The molecule has 0 amide bonds. The normalized spacial score (nSPS) is 21.8. The van der Waals surface area contributed by atoms with E-state index < -0.39 is 0 Å². The van der Waals surface area contributed by atoms with Gasteiger partial charge in [0.1, 0.15) is 11.6 Å². The van der Waals surface area contributed by atoms with E-state index in [1.54, 1.807) is 12.1 Å². The van der Waals surface area contributed by atoms with Crippen molar-refractivity contribution in [2.24, 2.45) is 5.41 Å². The second kappa shape index (κ2) is 5.13. The van der Waals surface area contributed by atoms with Crippen molar-refractivity contribution in [1.82, 2.24) is 9.55 Å². The third-order valence-corrected chi connectivity index (χ3v) is 5.50. The predicted molar refractivity (Wildman–Crippen MR) is 88.6 cm³/mol. The Bertz CT molecular complexity index is 665. The van der Waals surface area contributed by atoms with Gasteiger partial charge in [0.15, 0.2) is 0 Å². The molecular formula is C15H17ClFIN2. The summed E-state index contributed by atoms with van der Waals surface area (Å²) in [4.78, 5) is 4.60. The van der Waals surface area contributed by atoms with Gasteiger partial charge < -0.3 is 4.57 Å². The van der Waals surface area contributed by atoms with E-state index in [2.05, 4.69) is 23.4 Å². The molecule has 5 heteroatoms. The molecule has 1 unspecified atom stereocenters. The summed E-state index contributed by atoms with van der Waals surface area (Å²) in [6.45, 7) is 4.55. The van der Waals surface area contributed by atoms with Crippen molar-refractivity contribution >= 4 is 45.2 Å². The molecule has 0 bridgehead atoms. The van der Waals surface area contributed by atoms with Crippen molar-refractivity contribution in [1.29, 1.82) is 0 Å². The van der Waals surface area contributed by atoms with Crippen molar-refractivity contribution in [3.63, 3.8) is 0 Å². The fraction of sp³-hybridized carbons (Fsp3) is 0.533. The zero-order valence-electron chi connectivity index (χ0n) is 11.6. The van der Waals surface area contributed by atoms with Crippen LogP contribution in [-0.4, -0.2) is 9.55 Å². The summed E-state index contributed by atoms with van der Waals surface area (Å²) in [5.74, 6) is 1.03. The lowest BCUT2D eigenvalue weighted by Gasteiger charge is -2.30. The van der Waals surface area contributed by atoms with E-state index in [1.165, 1.54) is 12.8 Å². The molecule has 2 nitrogen and oxygen atoms in total. The van der Waals surface area contributed by atoms with Crippen molar-refractivity contribution < 1.29 is 4.39 Å². The molecule has 1 aliphatic carbocycles. The molecule has 108 valence electrons. The fourth-order valence-corrected chi connectivity index (χ4v) is 4.01. The summed E-state index contributed by atoms with van der Waals surface area (Å²) >= 11 is 8.08. The van der Waals surface area contributed by atoms with Gasteiger partial charge in [0.05, 0.1) is 20.5 Å². The summed E-state index contributed by atoms with van der Waals surface area (Å²) in [6.07, 6.45) is 3.49. The van der Waals surface area contributed by atoms with Gasteiger partial charge in [-0.15, -0.1) is 11.6 Å². The van der Waals surface area contributed by atoms with Crippen molar-refractivity contribution in [2.75, 3.05) is 0 Å². The van der Waals surface area contributed by atoms with Gasteiger partial charge in [0.2, 0.25) is 0 Å². The number of alkyl halides is 1.